The molecule has 5 heteroatoms. The van der Waals surface area contributed by atoms with Crippen LogP contribution in [0.2, 0.25) is 0 Å². The van der Waals surface area contributed by atoms with E-state index in [0.29, 0.717) is 6.54 Å². The molecule has 0 spiro atoms. The van der Waals surface area contributed by atoms with Crippen LogP contribution in [0.1, 0.15) is 20.3 Å². The lowest BCUT2D eigenvalue weighted by molar-refractivity contribution is -0.137. The van der Waals surface area contributed by atoms with Crippen LogP contribution in [-0.2, 0) is 11.3 Å². The Morgan fingerprint density at radius 1 is 1.50 bits per heavy atom. The summed E-state index contributed by atoms with van der Waals surface area (Å²) in [6, 6.07) is 0. The zero-order valence-corrected chi connectivity index (χ0v) is 8.27. The van der Waals surface area contributed by atoms with E-state index in [1.165, 1.54) is 0 Å². The van der Waals surface area contributed by atoms with Crippen molar-refractivity contribution in [2.45, 2.75) is 26.8 Å². The molecule has 1 aromatic rings. The van der Waals surface area contributed by atoms with Crippen LogP contribution >= 0.6 is 0 Å². The van der Waals surface area contributed by atoms with Crippen LogP contribution in [0.3, 0.4) is 0 Å². The Kier molecular flexibility index (Phi) is 3.39. The van der Waals surface area contributed by atoms with Crippen LogP contribution in [0.15, 0.2) is 0 Å². The molecule has 14 heavy (non-hydrogen) atoms. The van der Waals surface area contributed by atoms with Crippen molar-refractivity contribution >= 4 is 18.1 Å². The zero-order chi connectivity index (χ0) is 10.6. The molecule has 0 fully saturated rings. The van der Waals surface area contributed by atoms with Crippen LogP contribution in [0.5, 0.6) is 0 Å². The molecule has 0 bridgehead atoms. The molecular formula is C9H13N3O2. The Hall–Kier alpha value is -1.65. The maximum Gasteiger partial charge on any atom is 0.305 e. The summed E-state index contributed by atoms with van der Waals surface area (Å²) in [5.74, 6) is -0.829. The third kappa shape index (κ3) is 2.18. The van der Waals surface area contributed by atoms with Crippen LogP contribution < -0.4 is 10.7 Å². The topological polar surface area (TPSA) is 68.0 Å². The van der Waals surface area contributed by atoms with E-state index in [1.807, 2.05) is 26.0 Å². The monoisotopic (exact) mass is 195 g/mol. The predicted molar refractivity (Wildman–Crippen MR) is 51.8 cm³/mol. The smallest absolute Gasteiger partial charge is 0.305 e. The van der Waals surface area contributed by atoms with E-state index >= 15 is 0 Å². The highest BCUT2D eigenvalue weighted by Crippen LogP contribution is 1.81. The zero-order valence-electron chi connectivity index (χ0n) is 8.27. The highest BCUT2D eigenvalue weighted by Gasteiger charge is 2.01. The van der Waals surface area contributed by atoms with Crippen LogP contribution in [0.25, 0.3) is 12.2 Å². The molecule has 0 aliphatic heterocycles. The molecule has 0 unspecified atom stereocenters. The molecule has 0 aromatic carbocycles. The Balaban J connectivity index is 3.00. The predicted octanol–water partition coefficient (Wildman–Crippen LogP) is -0.646. The molecule has 5 nitrogen and oxygen atoms in total. The summed E-state index contributed by atoms with van der Waals surface area (Å²) in [5.41, 5.74) is 0. The molecule has 1 rings (SSSR count). The molecular weight excluding hydrogens is 182 g/mol. The molecule has 76 valence electrons. The minimum Gasteiger partial charge on any atom is -0.481 e. The summed E-state index contributed by atoms with van der Waals surface area (Å²) in [4.78, 5) is 10.4. The summed E-state index contributed by atoms with van der Waals surface area (Å²) >= 11 is 0. The van der Waals surface area contributed by atoms with Crippen molar-refractivity contribution in [3.8, 4) is 0 Å². The second-order valence-corrected chi connectivity index (χ2v) is 2.80. The largest absolute Gasteiger partial charge is 0.481 e. The SMILES string of the molecule is CC=c1nnn(CCC(=O)O)c1=CC. The van der Waals surface area contributed by atoms with Crippen LogP contribution in [-0.4, -0.2) is 26.1 Å². The van der Waals surface area contributed by atoms with E-state index < -0.39 is 5.97 Å². The molecule has 0 saturated carbocycles. The van der Waals surface area contributed by atoms with Gasteiger partial charge in [-0.15, -0.1) is 5.10 Å². The molecule has 1 aromatic heterocycles. The molecule has 1 heterocycles. The molecule has 0 aliphatic rings. The quantitative estimate of drug-likeness (QED) is 0.696. The van der Waals surface area contributed by atoms with E-state index in [0.717, 1.165) is 10.7 Å². The number of rotatable bonds is 3. The van der Waals surface area contributed by atoms with Crippen molar-refractivity contribution in [1.82, 2.24) is 15.0 Å². The second kappa shape index (κ2) is 4.55. The van der Waals surface area contributed by atoms with Gasteiger partial charge < -0.3 is 5.11 Å². The number of nitrogens with zero attached hydrogens (tertiary/aromatic N) is 3. The van der Waals surface area contributed by atoms with Gasteiger partial charge in [0.05, 0.1) is 18.3 Å². The first-order valence-electron chi connectivity index (χ1n) is 4.43. The van der Waals surface area contributed by atoms with Crippen LogP contribution in [0, 0.1) is 0 Å². The van der Waals surface area contributed by atoms with Gasteiger partial charge in [0, 0.05) is 0 Å². The van der Waals surface area contributed by atoms with Crippen LogP contribution in [0.4, 0.5) is 0 Å². The minimum atomic E-state index is -0.829. The fourth-order valence-corrected chi connectivity index (χ4v) is 1.20. The van der Waals surface area contributed by atoms with Gasteiger partial charge in [-0.25, -0.2) is 4.68 Å². The Morgan fingerprint density at radius 3 is 2.71 bits per heavy atom. The maximum absolute atomic E-state index is 10.4. The van der Waals surface area contributed by atoms with Crippen molar-refractivity contribution in [1.29, 1.82) is 0 Å². The number of carbonyl (C=O) groups is 1. The van der Waals surface area contributed by atoms with Gasteiger partial charge in [0.1, 0.15) is 5.35 Å². The summed E-state index contributed by atoms with van der Waals surface area (Å²) in [6.45, 7) is 4.11. The molecule has 0 saturated heterocycles. The first kappa shape index (κ1) is 10.4. The molecule has 1 N–H and O–H groups in total. The van der Waals surface area contributed by atoms with Crippen molar-refractivity contribution in [3.05, 3.63) is 10.7 Å². The number of hydrogen-bond acceptors (Lipinski definition) is 3. The minimum absolute atomic E-state index is 0.0629. The number of carboxylic acid groups (broad SMARTS) is 1. The Bertz CT molecular complexity index is 433. The van der Waals surface area contributed by atoms with Gasteiger partial charge >= 0.3 is 5.97 Å². The fourth-order valence-electron chi connectivity index (χ4n) is 1.20. The molecule has 0 radical (unpaired) electrons. The highest BCUT2D eigenvalue weighted by atomic mass is 16.4. The van der Waals surface area contributed by atoms with Gasteiger partial charge in [0.2, 0.25) is 0 Å². The van der Waals surface area contributed by atoms with Crippen molar-refractivity contribution in [3.63, 3.8) is 0 Å². The number of aliphatic carboxylic acids is 1. The Labute approximate surface area is 81.4 Å². The molecule has 0 amide bonds. The number of carboxylic acids is 1. The van der Waals surface area contributed by atoms with Crippen molar-refractivity contribution in [2.24, 2.45) is 0 Å². The summed E-state index contributed by atoms with van der Waals surface area (Å²) in [7, 11) is 0. The number of aryl methyl sites for hydroxylation is 1. The van der Waals surface area contributed by atoms with E-state index in [-0.39, 0.29) is 6.42 Å². The van der Waals surface area contributed by atoms with E-state index in [2.05, 4.69) is 10.3 Å². The van der Waals surface area contributed by atoms with Crippen molar-refractivity contribution in [2.75, 3.05) is 0 Å². The Morgan fingerprint density at radius 2 is 2.21 bits per heavy atom. The standard InChI is InChI=1S/C9H13N3O2/c1-3-7-8(4-2)12(11-10-7)6-5-9(13)14/h3-4H,5-6H2,1-2H3,(H,13,14). The molecule has 0 aliphatic carbocycles. The van der Waals surface area contributed by atoms with E-state index in [9.17, 15) is 4.79 Å². The summed E-state index contributed by atoms with van der Waals surface area (Å²) < 4.78 is 1.60. The van der Waals surface area contributed by atoms with Gasteiger partial charge in [0.25, 0.3) is 0 Å². The average Bonchev–Trinajstić information content (AvgIpc) is 2.56. The lowest BCUT2D eigenvalue weighted by atomic mass is 10.4. The summed E-state index contributed by atoms with van der Waals surface area (Å²) in [6.07, 6.45) is 3.78. The normalized spacial score (nSPS) is 13.6. The first-order valence-corrected chi connectivity index (χ1v) is 4.43. The van der Waals surface area contributed by atoms with Gasteiger partial charge in [-0.3, -0.25) is 4.79 Å². The van der Waals surface area contributed by atoms with Gasteiger partial charge in [0.15, 0.2) is 0 Å². The van der Waals surface area contributed by atoms with E-state index in [1.54, 1.807) is 4.68 Å². The van der Waals surface area contributed by atoms with Gasteiger partial charge in [-0.05, 0) is 13.8 Å². The fraction of sp³-hybridized carbons (Fsp3) is 0.444. The lowest BCUT2D eigenvalue weighted by Crippen LogP contribution is -2.30. The second-order valence-electron chi connectivity index (χ2n) is 2.80. The first-order chi connectivity index (χ1) is 6.69. The van der Waals surface area contributed by atoms with Gasteiger partial charge in [-0.1, -0.05) is 17.4 Å². The van der Waals surface area contributed by atoms with Crippen molar-refractivity contribution < 1.29 is 9.90 Å². The molecule has 0 atom stereocenters. The van der Waals surface area contributed by atoms with Gasteiger partial charge in [-0.2, -0.15) is 0 Å². The highest BCUT2D eigenvalue weighted by molar-refractivity contribution is 5.66. The summed E-state index contributed by atoms with van der Waals surface area (Å²) in [5, 5.41) is 18.0. The lowest BCUT2D eigenvalue weighted by Gasteiger charge is -1.95. The third-order valence-corrected chi connectivity index (χ3v) is 1.89. The number of aromatic nitrogens is 3. The number of hydrogen-bond donors (Lipinski definition) is 1. The third-order valence-electron chi connectivity index (χ3n) is 1.89. The average molecular weight is 195 g/mol. The maximum atomic E-state index is 10.4. The van der Waals surface area contributed by atoms with E-state index in [4.69, 9.17) is 5.11 Å².